The van der Waals surface area contributed by atoms with Crippen LogP contribution >= 0.6 is 11.6 Å². The number of carbonyl (C=O) groups excluding carboxylic acids is 1. The summed E-state index contributed by atoms with van der Waals surface area (Å²) in [5, 5.41) is 10.8. The van der Waals surface area contributed by atoms with Gasteiger partial charge in [-0.25, -0.2) is 18.0 Å². The van der Waals surface area contributed by atoms with Crippen molar-refractivity contribution in [2.45, 2.75) is 12.7 Å². The summed E-state index contributed by atoms with van der Waals surface area (Å²) in [6.07, 6.45) is 0. The number of esters is 1. The number of ether oxygens (including phenoxy) is 1. The van der Waals surface area contributed by atoms with E-state index in [1.165, 1.54) is 31.2 Å². The second kappa shape index (κ2) is 5.65. The minimum absolute atomic E-state index is 0.104. The molecular weight excluding hydrogens is 345 g/mol. The monoisotopic (exact) mass is 354 g/mol. The molecule has 1 atom stereocenters. The maximum absolute atomic E-state index is 14.1. The molecule has 2 aromatic rings. The summed E-state index contributed by atoms with van der Waals surface area (Å²) >= 11 is 5.80. The van der Waals surface area contributed by atoms with Crippen molar-refractivity contribution in [3.8, 4) is 0 Å². The molecule has 1 heterocycles. The van der Waals surface area contributed by atoms with E-state index >= 15 is 0 Å². The van der Waals surface area contributed by atoms with Crippen molar-refractivity contribution in [1.29, 1.82) is 0 Å². The zero-order chi connectivity index (χ0) is 17.6. The fourth-order valence-corrected chi connectivity index (χ4v) is 2.75. The van der Waals surface area contributed by atoms with Crippen LogP contribution in [0, 0.1) is 17.5 Å². The van der Waals surface area contributed by atoms with Crippen molar-refractivity contribution in [2.24, 2.45) is 0 Å². The second-order valence-corrected chi connectivity index (χ2v) is 5.81. The van der Waals surface area contributed by atoms with Crippen LogP contribution in [0.4, 0.5) is 13.2 Å². The molecule has 7 heteroatoms. The molecule has 1 aliphatic rings. The molecule has 1 unspecified atom stereocenters. The Morgan fingerprint density at radius 1 is 1.12 bits per heavy atom. The van der Waals surface area contributed by atoms with Crippen LogP contribution in [-0.2, 0) is 9.53 Å². The van der Waals surface area contributed by atoms with Crippen molar-refractivity contribution in [1.82, 2.24) is 0 Å². The summed E-state index contributed by atoms with van der Waals surface area (Å²) < 4.78 is 46.0. The Labute approximate surface area is 139 Å². The highest BCUT2D eigenvalue weighted by atomic mass is 35.5. The Morgan fingerprint density at radius 3 is 2.38 bits per heavy atom. The molecule has 0 amide bonds. The highest BCUT2D eigenvalue weighted by molar-refractivity contribution is 6.31. The first-order valence-electron chi connectivity index (χ1n) is 6.82. The Kier molecular flexibility index (Phi) is 3.89. The Balaban J connectivity index is 2.34. The van der Waals surface area contributed by atoms with E-state index in [0.717, 1.165) is 0 Å². The van der Waals surface area contributed by atoms with Crippen LogP contribution in [0.5, 0.6) is 0 Å². The lowest BCUT2D eigenvalue weighted by Gasteiger charge is -2.20. The van der Waals surface area contributed by atoms with Crippen molar-refractivity contribution in [3.63, 3.8) is 0 Å². The van der Waals surface area contributed by atoms with E-state index in [-0.39, 0.29) is 5.57 Å². The van der Waals surface area contributed by atoms with Gasteiger partial charge in [-0.2, -0.15) is 0 Å². The normalized spacial score (nSPS) is 20.5. The average molecular weight is 355 g/mol. The number of aliphatic hydroxyl groups is 1. The first-order chi connectivity index (χ1) is 11.2. The third kappa shape index (κ3) is 2.68. The number of halogens is 4. The topological polar surface area (TPSA) is 46.5 Å². The smallest absolute Gasteiger partial charge is 0.342 e. The van der Waals surface area contributed by atoms with Gasteiger partial charge in [-0.15, -0.1) is 0 Å². The zero-order valence-corrected chi connectivity index (χ0v) is 13.0. The van der Waals surface area contributed by atoms with Crippen LogP contribution < -0.4 is 0 Å². The van der Waals surface area contributed by atoms with Crippen molar-refractivity contribution >= 4 is 28.7 Å². The maximum Gasteiger partial charge on any atom is 0.342 e. The van der Waals surface area contributed by atoms with Gasteiger partial charge in [0.15, 0.2) is 11.6 Å². The van der Waals surface area contributed by atoms with E-state index in [1.807, 2.05) is 0 Å². The molecule has 0 aliphatic carbocycles. The van der Waals surface area contributed by atoms with E-state index in [0.29, 0.717) is 22.7 Å². The van der Waals surface area contributed by atoms with E-state index in [9.17, 15) is 23.1 Å². The lowest BCUT2D eigenvalue weighted by Crippen LogP contribution is -2.26. The lowest BCUT2D eigenvalue weighted by molar-refractivity contribution is -0.169. The summed E-state index contributed by atoms with van der Waals surface area (Å²) in [6, 6.07) is 6.96. The fourth-order valence-electron chi connectivity index (χ4n) is 2.63. The van der Waals surface area contributed by atoms with Gasteiger partial charge in [0.05, 0.1) is 5.57 Å². The SMILES string of the molecule is CC1(O)OC(=O)C(c2cc(F)cc(F)c2F)=C1c1ccc(Cl)cc1. The number of rotatable bonds is 2. The molecule has 0 fully saturated rings. The Hall–Kier alpha value is -2.31. The van der Waals surface area contributed by atoms with E-state index < -0.39 is 40.3 Å². The minimum Gasteiger partial charge on any atom is -0.425 e. The zero-order valence-electron chi connectivity index (χ0n) is 12.2. The van der Waals surface area contributed by atoms with E-state index in [4.69, 9.17) is 16.3 Å². The van der Waals surface area contributed by atoms with Gasteiger partial charge in [0.25, 0.3) is 0 Å². The summed E-state index contributed by atoms with van der Waals surface area (Å²) in [5.41, 5.74) is -0.874. The van der Waals surface area contributed by atoms with Crippen LogP contribution in [0.25, 0.3) is 11.1 Å². The second-order valence-electron chi connectivity index (χ2n) is 5.38. The van der Waals surface area contributed by atoms with Gasteiger partial charge in [-0.1, -0.05) is 23.7 Å². The van der Waals surface area contributed by atoms with Crippen molar-refractivity contribution < 1.29 is 27.8 Å². The van der Waals surface area contributed by atoms with E-state index in [2.05, 4.69) is 0 Å². The predicted molar refractivity (Wildman–Crippen MR) is 81.3 cm³/mol. The van der Waals surface area contributed by atoms with Crippen LogP contribution in [0.15, 0.2) is 36.4 Å². The van der Waals surface area contributed by atoms with Gasteiger partial charge in [-0.05, 0) is 23.8 Å². The Morgan fingerprint density at radius 2 is 1.75 bits per heavy atom. The van der Waals surface area contributed by atoms with Gasteiger partial charge >= 0.3 is 5.97 Å². The molecule has 24 heavy (non-hydrogen) atoms. The molecular formula is C17H10ClF3O3. The van der Waals surface area contributed by atoms with Crippen LogP contribution in [0.1, 0.15) is 18.1 Å². The number of hydrogen-bond acceptors (Lipinski definition) is 3. The predicted octanol–water partition coefficient (Wildman–Crippen LogP) is 3.93. The van der Waals surface area contributed by atoms with Crippen molar-refractivity contribution in [2.75, 3.05) is 0 Å². The number of carbonyl (C=O) groups is 1. The summed E-state index contributed by atoms with van der Waals surface area (Å²) in [4.78, 5) is 12.1. The van der Waals surface area contributed by atoms with Gasteiger partial charge in [0, 0.05) is 29.1 Å². The lowest BCUT2D eigenvalue weighted by atomic mass is 9.91. The molecule has 1 N–H and O–H groups in total. The van der Waals surface area contributed by atoms with Crippen LogP contribution in [-0.4, -0.2) is 16.9 Å². The van der Waals surface area contributed by atoms with Gasteiger partial charge in [0.1, 0.15) is 5.82 Å². The molecule has 0 aromatic heterocycles. The molecule has 2 aromatic carbocycles. The molecule has 0 bridgehead atoms. The summed E-state index contributed by atoms with van der Waals surface area (Å²) in [7, 11) is 0. The molecule has 124 valence electrons. The first kappa shape index (κ1) is 16.5. The quantitative estimate of drug-likeness (QED) is 0.656. The molecule has 3 rings (SSSR count). The molecule has 3 nitrogen and oxygen atoms in total. The van der Waals surface area contributed by atoms with Crippen LogP contribution in [0.2, 0.25) is 5.02 Å². The third-order valence-corrected chi connectivity index (χ3v) is 3.86. The highest BCUT2D eigenvalue weighted by Gasteiger charge is 2.45. The molecule has 0 saturated carbocycles. The number of hydrogen-bond donors (Lipinski definition) is 1. The average Bonchev–Trinajstić information content (AvgIpc) is 2.73. The number of benzene rings is 2. The maximum atomic E-state index is 14.1. The molecule has 0 saturated heterocycles. The van der Waals surface area contributed by atoms with Gasteiger partial charge in [-0.3, -0.25) is 0 Å². The summed E-state index contributed by atoms with van der Waals surface area (Å²) in [5.74, 6) is -7.10. The molecule has 0 spiro atoms. The van der Waals surface area contributed by atoms with Crippen molar-refractivity contribution in [3.05, 3.63) is 70.0 Å². The first-order valence-corrected chi connectivity index (χ1v) is 7.20. The summed E-state index contributed by atoms with van der Waals surface area (Å²) in [6.45, 7) is 1.18. The largest absolute Gasteiger partial charge is 0.425 e. The number of cyclic esters (lactones) is 1. The molecule has 1 aliphatic heterocycles. The standard InChI is InChI=1S/C17H10ClF3O3/c1-17(23)14(8-2-4-9(18)5-3-8)13(16(22)24-17)11-6-10(19)7-12(20)15(11)21/h2-7,23H,1H3. The minimum atomic E-state index is -2.09. The van der Waals surface area contributed by atoms with Crippen LogP contribution in [0.3, 0.4) is 0 Å². The molecule has 0 radical (unpaired) electrons. The van der Waals surface area contributed by atoms with Gasteiger partial charge in [0.2, 0.25) is 5.79 Å². The third-order valence-electron chi connectivity index (χ3n) is 3.60. The highest BCUT2D eigenvalue weighted by Crippen LogP contribution is 2.43. The fraction of sp³-hybridized carbons (Fsp3) is 0.118. The Bertz CT molecular complexity index is 873. The van der Waals surface area contributed by atoms with Gasteiger partial charge < -0.3 is 9.84 Å². The van der Waals surface area contributed by atoms with E-state index in [1.54, 1.807) is 0 Å².